The molecule has 6 unspecified atom stereocenters. The standard InChI is InChI=1S/C25H46N2O.C9H19NOS.2C2H6.C2H4/c1-5-17-15-20-21-9-8-18(7-6-14-27-4)23(21,2)12-11-22(20)24(3)13-10-19(28)16-25(17,24)26;1-8(2)5-4-6-9(3)12-10-7-11;3*1-2/h17-22,27-28H,5-16,26H2,1-4H3;7-9H,4-6H2,1-3H3,(H,10,11);2*1-2H3;1-2H2/t17-,18-,19+,20?,21?,22-,23?,24?,25?;;;;/m0..../s1. The maximum atomic E-state index is 10.5. The highest BCUT2D eigenvalue weighted by Crippen LogP contribution is 2.69. The van der Waals surface area contributed by atoms with Crippen molar-refractivity contribution >= 4 is 18.4 Å². The van der Waals surface area contributed by atoms with E-state index in [1.807, 2.05) is 27.7 Å². The Bertz CT molecular complexity index is 798. The summed E-state index contributed by atoms with van der Waals surface area (Å²) in [5.41, 5.74) is 7.89. The van der Waals surface area contributed by atoms with Gasteiger partial charge in [0.15, 0.2) is 0 Å². The van der Waals surface area contributed by atoms with Gasteiger partial charge in [-0.05, 0) is 143 Å². The van der Waals surface area contributed by atoms with Gasteiger partial charge in [0.05, 0.1) is 6.10 Å². The summed E-state index contributed by atoms with van der Waals surface area (Å²) in [5.74, 6) is 4.86. The number of carbonyl (C=O) groups excluding carboxylic acids is 1. The van der Waals surface area contributed by atoms with Crippen molar-refractivity contribution in [3.63, 3.8) is 0 Å². The van der Waals surface area contributed by atoms with Gasteiger partial charge in [-0.2, -0.15) is 0 Å². The lowest BCUT2D eigenvalue weighted by molar-refractivity contribution is -0.163. The number of aliphatic hydroxyl groups excluding tert-OH is 1. The topological polar surface area (TPSA) is 87.4 Å². The largest absolute Gasteiger partial charge is 0.393 e. The molecule has 5 nitrogen and oxygen atoms in total. The molecule has 4 rings (SSSR count). The minimum atomic E-state index is -0.180. The highest BCUT2D eigenvalue weighted by molar-refractivity contribution is 7.98. The lowest BCUT2D eigenvalue weighted by Gasteiger charge is -2.67. The van der Waals surface area contributed by atoms with Gasteiger partial charge < -0.3 is 20.9 Å². The van der Waals surface area contributed by atoms with Crippen molar-refractivity contribution in [2.75, 3.05) is 13.6 Å². The fourth-order valence-corrected chi connectivity index (χ4v) is 10.8. The van der Waals surface area contributed by atoms with Crippen LogP contribution < -0.4 is 15.8 Å². The number of fused-ring (bicyclic) bond motifs is 5. The van der Waals surface area contributed by atoms with Crippen LogP contribution in [0.1, 0.15) is 159 Å². The van der Waals surface area contributed by atoms with Crippen molar-refractivity contribution in [3.05, 3.63) is 13.2 Å². The number of rotatable bonds is 12. The average molecular weight is 668 g/mol. The van der Waals surface area contributed by atoms with Crippen LogP contribution in [0.15, 0.2) is 13.2 Å². The van der Waals surface area contributed by atoms with Crippen molar-refractivity contribution in [2.45, 2.75) is 176 Å². The molecule has 0 heterocycles. The summed E-state index contributed by atoms with van der Waals surface area (Å²) in [6.07, 6.45) is 18.1. The molecule has 10 atom stereocenters. The monoisotopic (exact) mass is 668 g/mol. The van der Waals surface area contributed by atoms with Crippen LogP contribution in [0.25, 0.3) is 0 Å². The van der Waals surface area contributed by atoms with Crippen molar-refractivity contribution in [1.82, 2.24) is 10.0 Å². The number of aliphatic hydroxyl groups is 1. The average Bonchev–Trinajstić information content (AvgIpc) is 3.39. The van der Waals surface area contributed by atoms with E-state index in [1.165, 1.54) is 82.6 Å². The maximum absolute atomic E-state index is 10.5. The predicted octanol–water partition coefficient (Wildman–Crippen LogP) is 10.2. The number of nitrogens with two attached hydrogens (primary N) is 1. The van der Waals surface area contributed by atoms with Crippen LogP contribution in [0.4, 0.5) is 0 Å². The van der Waals surface area contributed by atoms with Crippen LogP contribution >= 0.6 is 11.9 Å². The first-order valence-electron chi connectivity index (χ1n) is 19.4. The second kappa shape index (κ2) is 23.0. The molecule has 0 aromatic heterocycles. The van der Waals surface area contributed by atoms with E-state index in [4.69, 9.17) is 5.73 Å². The number of amides is 1. The Morgan fingerprint density at radius 3 is 2.17 bits per heavy atom. The van der Waals surface area contributed by atoms with Gasteiger partial charge in [-0.3, -0.25) is 4.79 Å². The van der Waals surface area contributed by atoms with Gasteiger partial charge in [0.2, 0.25) is 6.41 Å². The molecule has 4 fully saturated rings. The summed E-state index contributed by atoms with van der Waals surface area (Å²) >= 11 is 1.51. The van der Waals surface area contributed by atoms with E-state index in [1.54, 1.807) is 0 Å². The molecule has 6 heteroatoms. The van der Waals surface area contributed by atoms with E-state index in [0.29, 0.717) is 16.6 Å². The van der Waals surface area contributed by atoms with Crippen molar-refractivity contribution in [1.29, 1.82) is 0 Å². The summed E-state index contributed by atoms with van der Waals surface area (Å²) in [6, 6.07) is 0. The van der Waals surface area contributed by atoms with Crippen LogP contribution in [-0.2, 0) is 4.79 Å². The summed E-state index contributed by atoms with van der Waals surface area (Å²) in [5, 5.41) is 14.4. The smallest absolute Gasteiger partial charge is 0.216 e. The van der Waals surface area contributed by atoms with E-state index in [9.17, 15) is 9.90 Å². The molecule has 0 aromatic carbocycles. The molecule has 0 saturated heterocycles. The van der Waals surface area contributed by atoms with Crippen molar-refractivity contribution < 1.29 is 9.90 Å². The molecule has 4 saturated carbocycles. The lowest BCUT2D eigenvalue weighted by Crippen LogP contribution is -2.70. The highest BCUT2D eigenvalue weighted by atomic mass is 32.2. The molecule has 0 bridgehead atoms. The molecule has 4 aliphatic rings. The molecular formula is C40H81N3O2S. The van der Waals surface area contributed by atoms with E-state index in [0.717, 1.165) is 61.8 Å². The zero-order chi connectivity index (χ0) is 35.6. The fraction of sp³-hybridized carbons (Fsp3) is 0.925. The van der Waals surface area contributed by atoms with Crippen molar-refractivity contribution in [3.8, 4) is 0 Å². The SMILES string of the molecule is C=C.CC.CC.CC(C)CCCC(C)SNC=O.CC[C@H]1CC2C3CC[C@H](CCCNC)C3(C)CC[C@@H]2C2(C)CC[C@@H](O)CC12N. The first-order chi connectivity index (χ1) is 22.0. The Kier molecular flexibility index (Phi) is 22.7. The van der Waals surface area contributed by atoms with Gasteiger partial charge in [0.25, 0.3) is 0 Å². The summed E-state index contributed by atoms with van der Waals surface area (Å²) in [4.78, 5) is 9.96. The third-order valence-electron chi connectivity index (χ3n) is 12.6. The van der Waals surface area contributed by atoms with E-state index < -0.39 is 0 Å². The summed E-state index contributed by atoms with van der Waals surface area (Å²) < 4.78 is 2.62. The normalized spacial score (nSPS) is 36.2. The molecule has 46 heavy (non-hydrogen) atoms. The third-order valence-corrected chi connectivity index (χ3v) is 13.4. The second-order valence-electron chi connectivity index (χ2n) is 15.1. The molecular weight excluding hydrogens is 587 g/mol. The Morgan fingerprint density at radius 2 is 1.61 bits per heavy atom. The number of carbonyl (C=O) groups is 1. The zero-order valence-electron chi connectivity index (χ0n) is 32.6. The second-order valence-corrected chi connectivity index (χ2v) is 16.4. The Hall–Kier alpha value is -0.560. The van der Waals surface area contributed by atoms with Crippen LogP contribution in [0.5, 0.6) is 0 Å². The fourth-order valence-electron chi connectivity index (χ4n) is 10.2. The van der Waals surface area contributed by atoms with Crippen LogP contribution in [0.3, 0.4) is 0 Å². The Morgan fingerprint density at radius 1 is 0.957 bits per heavy atom. The van der Waals surface area contributed by atoms with Gasteiger partial charge in [-0.1, -0.05) is 88.5 Å². The van der Waals surface area contributed by atoms with E-state index in [2.05, 4.69) is 71.8 Å². The van der Waals surface area contributed by atoms with Crippen LogP contribution in [0, 0.1) is 46.3 Å². The number of hydrogen-bond acceptors (Lipinski definition) is 5. The van der Waals surface area contributed by atoms with Crippen molar-refractivity contribution in [2.24, 2.45) is 52.1 Å². The summed E-state index contributed by atoms with van der Waals surface area (Å²) in [6.45, 7) is 29.3. The van der Waals surface area contributed by atoms with Gasteiger partial charge in [0, 0.05) is 10.8 Å². The van der Waals surface area contributed by atoms with Crippen LogP contribution in [-0.4, -0.2) is 42.0 Å². The van der Waals surface area contributed by atoms with Gasteiger partial charge >= 0.3 is 0 Å². The molecule has 0 aliphatic heterocycles. The lowest BCUT2D eigenvalue weighted by atomic mass is 9.40. The first kappa shape index (κ1) is 45.4. The Labute approximate surface area is 292 Å². The van der Waals surface area contributed by atoms with Crippen LogP contribution in [0.2, 0.25) is 0 Å². The van der Waals surface area contributed by atoms with E-state index >= 15 is 0 Å². The minimum Gasteiger partial charge on any atom is -0.393 e. The number of nitrogens with one attached hydrogen (secondary N) is 2. The molecule has 4 aliphatic carbocycles. The van der Waals surface area contributed by atoms with Gasteiger partial charge in [-0.25, -0.2) is 0 Å². The minimum absolute atomic E-state index is 0.154. The molecule has 274 valence electrons. The summed E-state index contributed by atoms with van der Waals surface area (Å²) in [7, 11) is 2.08. The molecule has 1 amide bonds. The molecule has 0 radical (unpaired) electrons. The quantitative estimate of drug-likeness (QED) is 0.0720. The highest BCUT2D eigenvalue weighted by Gasteiger charge is 2.65. The first-order valence-corrected chi connectivity index (χ1v) is 20.3. The predicted molar refractivity (Wildman–Crippen MR) is 206 cm³/mol. The third kappa shape index (κ3) is 11.2. The zero-order valence-corrected chi connectivity index (χ0v) is 33.4. The molecule has 5 N–H and O–H groups in total. The van der Waals surface area contributed by atoms with Gasteiger partial charge in [-0.15, -0.1) is 13.2 Å². The van der Waals surface area contributed by atoms with Gasteiger partial charge in [0.1, 0.15) is 0 Å². The van der Waals surface area contributed by atoms with E-state index in [-0.39, 0.29) is 17.1 Å². The molecule has 0 aromatic rings. The number of hydrogen-bond donors (Lipinski definition) is 4. The maximum Gasteiger partial charge on any atom is 0.216 e. The Balaban J connectivity index is 0.000000951. The molecule has 0 spiro atoms.